The van der Waals surface area contributed by atoms with Crippen LogP contribution in [0.15, 0.2) is 160 Å². The Labute approximate surface area is 295 Å². The molecule has 51 heavy (non-hydrogen) atoms. The highest BCUT2D eigenvalue weighted by molar-refractivity contribution is 7.25. The number of fused-ring (bicyclic) bond motifs is 9. The summed E-state index contributed by atoms with van der Waals surface area (Å²) in [5, 5.41) is 6.63. The quantitative estimate of drug-likeness (QED) is 0.186. The van der Waals surface area contributed by atoms with Crippen LogP contribution in [0.25, 0.3) is 109 Å². The van der Waals surface area contributed by atoms with E-state index in [1.807, 2.05) is 66.7 Å². The number of hydrogen-bond acceptors (Lipinski definition) is 6. The van der Waals surface area contributed by atoms with Gasteiger partial charge in [0.1, 0.15) is 22.3 Å². The molecule has 0 aliphatic carbocycles. The van der Waals surface area contributed by atoms with E-state index >= 15 is 0 Å². The number of benzene rings is 7. The minimum Gasteiger partial charge on any atom is -0.456 e. The van der Waals surface area contributed by atoms with E-state index in [1.54, 1.807) is 11.3 Å². The van der Waals surface area contributed by atoms with Gasteiger partial charge in [0.25, 0.3) is 0 Å². The summed E-state index contributed by atoms with van der Waals surface area (Å²) >= 11 is 1.80. The molecule has 0 bridgehead atoms. The van der Waals surface area contributed by atoms with Gasteiger partial charge in [-0.1, -0.05) is 91.0 Å². The average Bonchev–Trinajstić information content (AvgIpc) is 3.88. The molecule has 0 amide bonds. The van der Waals surface area contributed by atoms with E-state index < -0.39 is 0 Å². The molecule has 6 heteroatoms. The molecule has 0 saturated carbocycles. The Hall–Kier alpha value is -6.63. The standard InChI is InChI=1S/C45H25N3O2S/c1-2-9-26(10-3-1)43-46-44(29-19-22-41-34(24-29)32-12-5-7-16-40(32)51-41)48-45(47-43)33-13-8-15-38-42(33)35-23-27(18-21-37(35)49-38)28-17-20-31-30-11-4-6-14-36(30)50-39(31)25-28/h1-25H. The van der Waals surface area contributed by atoms with Crippen molar-refractivity contribution in [2.75, 3.05) is 0 Å². The van der Waals surface area contributed by atoms with Crippen LogP contribution in [-0.2, 0) is 0 Å². The molecule has 0 N–H and O–H groups in total. The third kappa shape index (κ3) is 4.50. The topological polar surface area (TPSA) is 65.0 Å². The van der Waals surface area contributed by atoms with Crippen LogP contribution in [0.1, 0.15) is 0 Å². The summed E-state index contributed by atoms with van der Waals surface area (Å²) in [7, 11) is 0. The number of rotatable bonds is 4. The van der Waals surface area contributed by atoms with Gasteiger partial charge in [-0.05, 0) is 71.8 Å². The normalized spacial score (nSPS) is 11.9. The Morgan fingerprint density at radius 1 is 0.353 bits per heavy atom. The maximum Gasteiger partial charge on any atom is 0.164 e. The van der Waals surface area contributed by atoms with Crippen LogP contribution in [0.3, 0.4) is 0 Å². The number of aromatic nitrogens is 3. The van der Waals surface area contributed by atoms with Crippen molar-refractivity contribution in [1.29, 1.82) is 0 Å². The third-order valence-corrected chi connectivity index (χ3v) is 10.9. The van der Waals surface area contributed by atoms with Gasteiger partial charge < -0.3 is 8.83 Å². The maximum atomic E-state index is 6.44. The molecule has 0 radical (unpaired) electrons. The van der Waals surface area contributed by atoms with Gasteiger partial charge in [-0.2, -0.15) is 0 Å². The minimum atomic E-state index is 0.594. The summed E-state index contributed by atoms with van der Waals surface area (Å²) in [6.45, 7) is 0. The van der Waals surface area contributed by atoms with Gasteiger partial charge in [0.2, 0.25) is 0 Å². The Bertz CT molecular complexity index is 3160. The first-order valence-corrected chi connectivity index (χ1v) is 17.7. The largest absolute Gasteiger partial charge is 0.456 e. The van der Waals surface area contributed by atoms with Crippen LogP contribution in [0.2, 0.25) is 0 Å². The van der Waals surface area contributed by atoms with E-state index in [0.717, 1.165) is 71.7 Å². The van der Waals surface area contributed by atoms with E-state index in [0.29, 0.717) is 17.5 Å². The molecule has 0 spiro atoms. The number of hydrogen-bond donors (Lipinski definition) is 0. The van der Waals surface area contributed by atoms with E-state index in [9.17, 15) is 0 Å². The van der Waals surface area contributed by atoms with Gasteiger partial charge >= 0.3 is 0 Å². The summed E-state index contributed by atoms with van der Waals surface area (Å²) in [6.07, 6.45) is 0. The summed E-state index contributed by atoms with van der Waals surface area (Å²) in [4.78, 5) is 15.3. The van der Waals surface area contributed by atoms with Crippen molar-refractivity contribution in [3.05, 3.63) is 152 Å². The molecule has 11 rings (SSSR count). The second kappa shape index (κ2) is 10.9. The summed E-state index contributed by atoms with van der Waals surface area (Å²) < 4.78 is 15.2. The smallest absolute Gasteiger partial charge is 0.164 e. The molecular weight excluding hydrogens is 647 g/mol. The van der Waals surface area contributed by atoms with Gasteiger partial charge in [-0.25, -0.2) is 15.0 Å². The van der Waals surface area contributed by atoms with Crippen LogP contribution in [0.5, 0.6) is 0 Å². The van der Waals surface area contributed by atoms with Crippen LogP contribution in [-0.4, -0.2) is 15.0 Å². The molecule has 0 fully saturated rings. The Morgan fingerprint density at radius 2 is 0.980 bits per heavy atom. The van der Waals surface area contributed by atoms with Gasteiger partial charge in [0.15, 0.2) is 17.5 Å². The van der Waals surface area contributed by atoms with Crippen molar-refractivity contribution in [3.63, 3.8) is 0 Å². The zero-order chi connectivity index (χ0) is 33.5. The fraction of sp³-hybridized carbons (Fsp3) is 0. The van der Waals surface area contributed by atoms with Crippen molar-refractivity contribution in [3.8, 4) is 45.3 Å². The average molecular weight is 672 g/mol. The van der Waals surface area contributed by atoms with Crippen molar-refractivity contribution in [2.45, 2.75) is 0 Å². The van der Waals surface area contributed by atoms with Crippen LogP contribution in [0.4, 0.5) is 0 Å². The first-order valence-electron chi connectivity index (χ1n) is 16.8. The highest BCUT2D eigenvalue weighted by atomic mass is 32.1. The molecule has 5 nitrogen and oxygen atoms in total. The van der Waals surface area contributed by atoms with Crippen LogP contribution < -0.4 is 0 Å². The minimum absolute atomic E-state index is 0.594. The van der Waals surface area contributed by atoms with Gasteiger partial charge in [0.05, 0.1) is 0 Å². The maximum absolute atomic E-state index is 6.44. The second-order valence-corrected chi connectivity index (χ2v) is 13.9. The Morgan fingerprint density at radius 3 is 1.90 bits per heavy atom. The number of furan rings is 2. The lowest BCUT2D eigenvalue weighted by molar-refractivity contribution is 0.669. The van der Waals surface area contributed by atoms with Crippen molar-refractivity contribution in [1.82, 2.24) is 15.0 Å². The fourth-order valence-electron chi connectivity index (χ4n) is 7.31. The molecule has 4 aromatic heterocycles. The molecule has 238 valence electrons. The lowest BCUT2D eigenvalue weighted by Gasteiger charge is -2.09. The van der Waals surface area contributed by atoms with Gasteiger partial charge in [-0.3, -0.25) is 0 Å². The highest BCUT2D eigenvalue weighted by Crippen LogP contribution is 2.40. The summed E-state index contributed by atoms with van der Waals surface area (Å²) in [6, 6.07) is 52.2. The zero-order valence-corrected chi connectivity index (χ0v) is 27.8. The van der Waals surface area contributed by atoms with Crippen LogP contribution >= 0.6 is 11.3 Å². The number of nitrogens with zero attached hydrogens (tertiary/aromatic N) is 3. The summed E-state index contributed by atoms with van der Waals surface area (Å²) in [5.74, 6) is 1.84. The van der Waals surface area contributed by atoms with Crippen molar-refractivity contribution < 1.29 is 8.83 Å². The van der Waals surface area contributed by atoms with E-state index in [4.69, 9.17) is 23.8 Å². The third-order valence-electron chi connectivity index (χ3n) is 9.75. The van der Waals surface area contributed by atoms with E-state index in [2.05, 4.69) is 84.9 Å². The predicted molar refractivity (Wildman–Crippen MR) is 209 cm³/mol. The molecule has 4 heterocycles. The van der Waals surface area contributed by atoms with Crippen LogP contribution in [0, 0.1) is 0 Å². The van der Waals surface area contributed by atoms with Gasteiger partial charge in [0, 0.05) is 58.4 Å². The predicted octanol–water partition coefficient (Wildman–Crippen LogP) is 12.7. The Balaban J connectivity index is 1.11. The lowest BCUT2D eigenvalue weighted by Crippen LogP contribution is -2.00. The van der Waals surface area contributed by atoms with E-state index in [1.165, 1.54) is 20.2 Å². The first kappa shape index (κ1) is 28.2. The van der Waals surface area contributed by atoms with E-state index in [-0.39, 0.29) is 0 Å². The molecule has 0 saturated heterocycles. The molecule has 0 aliphatic rings. The zero-order valence-electron chi connectivity index (χ0n) is 27.0. The van der Waals surface area contributed by atoms with Gasteiger partial charge in [-0.15, -0.1) is 11.3 Å². The number of para-hydroxylation sites is 1. The molecule has 11 aromatic rings. The fourth-order valence-corrected chi connectivity index (χ4v) is 8.39. The Kier molecular flexibility index (Phi) is 6.05. The monoisotopic (exact) mass is 671 g/mol. The second-order valence-electron chi connectivity index (χ2n) is 12.8. The molecule has 0 unspecified atom stereocenters. The lowest BCUT2D eigenvalue weighted by atomic mass is 9.99. The van der Waals surface area contributed by atoms with Crippen molar-refractivity contribution >= 4 is 75.4 Å². The first-order chi connectivity index (χ1) is 25.2. The summed E-state index contributed by atoms with van der Waals surface area (Å²) in [5.41, 5.74) is 8.24. The molecule has 0 aliphatic heterocycles. The molecule has 0 atom stereocenters. The molecular formula is C45H25N3O2S. The van der Waals surface area contributed by atoms with Crippen molar-refractivity contribution in [2.24, 2.45) is 0 Å². The molecule has 7 aromatic carbocycles. The number of thiophene rings is 1. The SMILES string of the molecule is c1ccc(-c2nc(-c3ccc4sc5ccccc5c4c3)nc(-c3cccc4oc5ccc(-c6ccc7c(c6)oc6ccccc67)cc5c34)n2)cc1. The highest BCUT2D eigenvalue weighted by Gasteiger charge is 2.19.